The lowest BCUT2D eigenvalue weighted by atomic mass is 9.84. The Labute approximate surface area is 175 Å². The molecule has 10 heteroatoms. The van der Waals surface area contributed by atoms with Gasteiger partial charge in [0.2, 0.25) is 0 Å². The Morgan fingerprint density at radius 2 is 1.82 bits per heavy atom. The summed E-state index contributed by atoms with van der Waals surface area (Å²) in [5.41, 5.74) is 0.602. The maximum atomic E-state index is 13.2. The van der Waals surface area contributed by atoms with E-state index in [0.29, 0.717) is 18.7 Å². The van der Waals surface area contributed by atoms with Crippen LogP contribution in [0.5, 0.6) is 0 Å². The minimum absolute atomic E-state index is 0.296. The quantitative estimate of drug-likeness (QED) is 0.571. The molecule has 2 aromatic rings. The number of carbonyl (C=O) groups is 1. The van der Waals surface area contributed by atoms with E-state index in [4.69, 9.17) is 34.8 Å². The first-order valence-electron chi connectivity index (χ1n) is 8.85. The molecule has 1 amide bonds. The van der Waals surface area contributed by atoms with E-state index in [1.165, 1.54) is 9.36 Å². The van der Waals surface area contributed by atoms with E-state index in [1.54, 1.807) is 24.3 Å². The summed E-state index contributed by atoms with van der Waals surface area (Å²) in [6, 6.07) is 7.78. The van der Waals surface area contributed by atoms with Gasteiger partial charge in [-0.2, -0.15) is 0 Å². The highest BCUT2D eigenvalue weighted by molar-refractivity contribution is 6.76. The molecule has 2 atom stereocenters. The van der Waals surface area contributed by atoms with Gasteiger partial charge in [0.25, 0.3) is 9.70 Å². The lowest BCUT2D eigenvalue weighted by Gasteiger charge is -2.38. The predicted molar refractivity (Wildman–Crippen MR) is 107 cm³/mol. The number of nitrogens with zero attached hydrogens (tertiary/aromatic N) is 3. The summed E-state index contributed by atoms with van der Waals surface area (Å²) in [5, 5.41) is 2.73. The Morgan fingerprint density at radius 3 is 2.50 bits per heavy atom. The highest BCUT2D eigenvalue weighted by Crippen LogP contribution is 2.36. The molecule has 0 unspecified atom stereocenters. The normalized spacial score (nSPS) is 21.5. The van der Waals surface area contributed by atoms with E-state index in [0.717, 1.165) is 23.0 Å². The average Bonchev–Trinajstić information content (AvgIpc) is 2.92. The zero-order chi connectivity index (χ0) is 20.1. The largest absolute Gasteiger partial charge is 0.352 e. The molecule has 0 radical (unpaired) electrons. The molecule has 28 heavy (non-hydrogen) atoms. The van der Waals surface area contributed by atoms with Gasteiger partial charge < -0.3 is 5.32 Å². The van der Waals surface area contributed by atoms with E-state index in [9.17, 15) is 14.4 Å². The van der Waals surface area contributed by atoms with Crippen LogP contribution in [0.4, 0.5) is 0 Å². The van der Waals surface area contributed by atoms with E-state index in [1.807, 2.05) is 12.1 Å². The van der Waals surface area contributed by atoms with Crippen LogP contribution in [0.2, 0.25) is 0 Å². The van der Waals surface area contributed by atoms with Crippen LogP contribution in [0.25, 0.3) is 5.69 Å². The second-order valence-electron chi connectivity index (χ2n) is 6.86. The molecule has 148 valence electrons. The van der Waals surface area contributed by atoms with Gasteiger partial charge in [-0.3, -0.25) is 4.79 Å². The minimum Gasteiger partial charge on any atom is -0.347 e. The van der Waals surface area contributed by atoms with Crippen molar-refractivity contribution in [1.82, 2.24) is 19.2 Å². The predicted octanol–water partition coefficient (Wildman–Crippen LogP) is 2.32. The summed E-state index contributed by atoms with van der Waals surface area (Å²) < 4.78 is 1.85. The number of para-hydroxylation sites is 1. The third-order valence-electron chi connectivity index (χ3n) is 5.18. The Kier molecular flexibility index (Phi) is 4.93. The molecule has 1 saturated carbocycles. The molecule has 4 rings (SSSR count). The zero-order valence-corrected chi connectivity index (χ0v) is 16.9. The number of amides is 1. The van der Waals surface area contributed by atoms with Crippen molar-refractivity contribution >= 4 is 40.7 Å². The summed E-state index contributed by atoms with van der Waals surface area (Å²) in [5.74, 6) is -0.751. The molecule has 0 spiro atoms. The van der Waals surface area contributed by atoms with Crippen molar-refractivity contribution in [1.29, 1.82) is 0 Å². The topological polar surface area (TPSA) is 78.0 Å². The standard InChI is InChI=1S/C18H17Cl3N4O3/c19-18(20,21)15(26)22-13-8-4-5-11-9-10-23-16(27)24(12-6-2-1-3-7-12)17(28)25(23)14(11)13/h1-3,6-7,9,13-14H,4-5,8,10H2,(H,22,26)/t13-,14+/m1/s1. The van der Waals surface area contributed by atoms with Crippen LogP contribution in [-0.2, 0) is 11.3 Å². The van der Waals surface area contributed by atoms with Crippen LogP contribution in [0.15, 0.2) is 51.6 Å². The van der Waals surface area contributed by atoms with Gasteiger partial charge in [-0.1, -0.05) is 59.1 Å². The summed E-state index contributed by atoms with van der Waals surface area (Å²) in [6.45, 7) is 0.296. The van der Waals surface area contributed by atoms with Crippen molar-refractivity contribution < 1.29 is 4.79 Å². The van der Waals surface area contributed by atoms with Gasteiger partial charge in [0.1, 0.15) is 0 Å². The van der Waals surface area contributed by atoms with E-state index >= 15 is 0 Å². The van der Waals surface area contributed by atoms with Crippen LogP contribution in [0.1, 0.15) is 25.3 Å². The molecule has 7 nitrogen and oxygen atoms in total. The molecule has 2 aliphatic rings. The van der Waals surface area contributed by atoms with Gasteiger partial charge in [0.05, 0.1) is 24.3 Å². The molecule has 1 N–H and O–H groups in total. The number of halogens is 3. The second-order valence-corrected chi connectivity index (χ2v) is 9.14. The number of fused-ring (bicyclic) bond motifs is 3. The van der Waals surface area contributed by atoms with E-state index in [-0.39, 0.29) is 0 Å². The smallest absolute Gasteiger partial charge is 0.347 e. The Balaban J connectivity index is 1.81. The number of allylic oxidation sites excluding steroid dienone is 1. The molecule has 0 bridgehead atoms. The van der Waals surface area contributed by atoms with Gasteiger partial charge >= 0.3 is 11.4 Å². The maximum absolute atomic E-state index is 13.2. The van der Waals surface area contributed by atoms with Crippen LogP contribution in [-0.4, -0.2) is 29.7 Å². The monoisotopic (exact) mass is 442 g/mol. The van der Waals surface area contributed by atoms with Crippen LogP contribution >= 0.6 is 34.8 Å². The van der Waals surface area contributed by atoms with Gasteiger partial charge in [0, 0.05) is 0 Å². The number of carbonyl (C=O) groups excluding carboxylic acids is 1. The number of rotatable bonds is 2. The Hall–Kier alpha value is -1.96. The molecule has 1 aromatic carbocycles. The molecule has 2 heterocycles. The fourth-order valence-electron chi connectivity index (χ4n) is 3.97. The number of benzene rings is 1. The maximum Gasteiger partial charge on any atom is 0.352 e. The lowest BCUT2D eigenvalue weighted by molar-refractivity contribution is -0.121. The number of aromatic nitrogens is 3. The highest BCUT2D eigenvalue weighted by Gasteiger charge is 2.40. The summed E-state index contributed by atoms with van der Waals surface area (Å²) in [4.78, 5) is 38.3. The number of nitrogens with one attached hydrogen (secondary N) is 1. The number of hydrogen-bond acceptors (Lipinski definition) is 3. The van der Waals surface area contributed by atoms with Crippen molar-refractivity contribution in [2.45, 2.75) is 41.7 Å². The van der Waals surface area contributed by atoms with Crippen LogP contribution in [0.3, 0.4) is 0 Å². The highest BCUT2D eigenvalue weighted by atomic mass is 35.6. The van der Waals surface area contributed by atoms with Crippen molar-refractivity contribution in [2.24, 2.45) is 0 Å². The van der Waals surface area contributed by atoms with Crippen molar-refractivity contribution in [2.75, 3.05) is 0 Å². The summed E-state index contributed by atoms with van der Waals surface area (Å²) >= 11 is 17.1. The summed E-state index contributed by atoms with van der Waals surface area (Å²) in [6.07, 6.45) is 4.15. The zero-order valence-electron chi connectivity index (χ0n) is 14.6. The molecular formula is C18H17Cl3N4O3. The van der Waals surface area contributed by atoms with Crippen LogP contribution < -0.4 is 16.7 Å². The SMILES string of the molecule is O=C(N[C@@H]1CCCC2=CCn3c(=O)n(-c4ccccc4)c(=O)n3[C@@H]21)C(Cl)(Cl)Cl. The first-order chi connectivity index (χ1) is 13.3. The number of alkyl halides is 3. The first kappa shape index (κ1) is 19.4. The average molecular weight is 444 g/mol. The minimum atomic E-state index is -2.10. The first-order valence-corrected chi connectivity index (χ1v) is 9.99. The van der Waals surface area contributed by atoms with Gasteiger partial charge in [-0.15, -0.1) is 0 Å². The lowest BCUT2D eigenvalue weighted by Crippen LogP contribution is -2.51. The third-order valence-corrected chi connectivity index (χ3v) is 5.69. The van der Waals surface area contributed by atoms with E-state index < -0.39 is 33.2 Å². The van der Waals surface area contributed by atoms with Gasteiger partial charge in [-0.05, 0) is 37.0 Å². The Bertz CT molecular complexity index is 1060. The van der Waals surface area contributed by atoms with Crippen molar-refractivity contribution in [3.63, 3.8) is 0 Å². The van der Waals surface area contributed by atoms with Crippen LogP contribution in [0, 0.1) is 0 Å². The fraction of sp³-hybridized carbons (Fsp3) is 0.389. The van der Waals surface area contributed by atoms with Gasteiger partial charge in [-0.25, -0.2) is 23.5 Å². The fourth-order valence-corrected chi connectivity index (χ4v) is 4.14. The Morgan fingerprint density at radius 1 is 1.11 bits per heavy atom. The molecule has 1 fully saturated rings. The molecular weight excluding hydrogens is 427 g/mol. The third kappa shape index (κ3) is 3.21. The van der Waals surface area contributed by atoms with Crippen molar-refractivity contribution in [3.05, 3.63) is 62.9 Å². The number of hydrogen-bond donors (Lipinski definition) is 1. The molecule has 0 saturated heterocycles. The molecule has 1 aliphatic carbocycles. The second kappa shape index (κ2) is 7.13. The van der Waals surface area contributed by atoms with Gasteiger partial charge in [0.15, 0.2) is 0 Å². The molecule has 1 aliphatic heterocycles. The summed E-state index contributed by atoms with van der Waals surface area (Å²) in [7, 11) is 0. The van der Waals surface area contributed by atoms with Crippen molar-refractivity contribution in [3.8, 4) is 5.69 Å². The molecule has 1 aromatic heterocycles. The van der Waals surface area contributed by atoms with E-state index in [2.05, 4.69) is 5.32 Å².